The van der Waals surface area contributed by atoms with E-state index in [9.17, 15) is 4.79 Å². The molecule has 0 amide bonds. The fourth-order valence-electron chi connectivity index (χ4n) is 2.14. The Kier molecular flexibility index (Phi) is 5.43. The van der Waals surface area contributed by atoms with Crippen LogP contribution in [-0.2, 0) is 17.8 Å². The van der Waals surface area contributed by atoms with Crippen molar-refractivity contribution >= 4 is 11.7 Å². The van der Waals surface area contributed by atoms with Crippen LogP contribution < -0.4 is 5.32 Å². The van der Waals surface area contributed by atoms with Gasteiger partial charge in [-0.2, -0.15) is 0 Å². The van der Waals surface area contributed by atoms with E-state index in [0.717, 1.165) is 25.2 Å². The van der Waals surface area contributed by atoms with Gasteiger partial charge in [0, 0.05) is 31.2 Å². The number of benzene rings is 1. The average Bonchev–Trinajstić information content (AvgIpc) is 2.94. The SMILES string of the molecule is CCCn1ccc(CNc2ccc(C(=O)OCC)cc2)c1. The van der Waals surface area contributed by atoms with Crippen LogP contribution in [0.3, 0.4) is 0 Å². The third-order valence-electron chi connectivity index (χ3n) is 3.19. The molecule has 2 rings (SSSR count). The summed E-state index contributed by atoms with van der Waals surface area (Å²) in [6, 6.07) is 9.48. The van der Waals surface area contributed by atoms with Crippen molar-refractivity contribution in [2.75, 3.05) is 11.9 Å². The lowest BCUT2D eigenvalue weighted by molar-refractivity contribution is 0.0526. The molecule has 0 fully saturated rings. The third kappa shape index (κ3) is 4.38. The Morgan fingerprint density at radius 1 is 1.19 bits per heavy atom. The quantitative estimate of drug-likeness (QED) is 0.789. The molecule has 0 aliphatic heterocycles. The third-order valence-corrected chi connectivity index (χ3v) is 3.19. The highest BCUT2D eigenvalue weighted by molar-refractivity contribution is 5.89. The minimum absolute atomic E-state index is 0.277. The van der Waals surface area contributed by atoms with Crippen LogP contribution in [0.25, 0.3) is 0 Å². The van der Waals surface area contributed by atoms with Crippen molar-refractivity contribution in [2.24, 2.45) is 0 Å². The Hall–Kier alpha value is -2.23. The molecule has 0 aliphatic rings. The van der Waals surface area contributed by atoms with Crippen LogP contribution in [0.4, 0.5) is 5.69 Å². The smallest absolute Gasteiger partial charge is 0.338 e. The van der Waals surface area contributed by atoms with E-state index in [1.165, 1.54) is 5.56 Å². The average molecular weight is 286 g/mol. The summed E-state index contributed by atoms with van der Waals surface area (Å²) < 4.78 is 7.16. The molecular weight excluding hydrogens is 264 g/mol. The van der Waals surface area contributed by atoms with Crippen LogP contribution in [0.2, 0.25) is 0 Å². The van der Waals surface area contributed by atoms with Gasteiger partial charge < -0.3 is 14.6 Å². The lowest BCUT2D eigenvalue weighted by Gasteiger charge is -2.06. The topological polar surface area (TPSA) is 43.3 Å². The van der Waals surface area contributed by atoms with Crippen molar-refractivity contribution in [3.8, 4) is 0 Å². The Labute approximate surface area is 125 Å². The second-order valence-corrected chi connectivity index (χ2v) is 4.91. The normalized spacial score (nSPS) is 10.4. The highest BCUT2D eigenvalue weighted by Crippen LogP contribution is 2.12. The second-order valence-electron chi connectivity index (χ2n) is 4.91. The van der Waals surface area contributed by atoms with Crippen molar-refractivity contribution in [3.63, 3.8) is 0 Å². The van der Waals surface area contributed by atoms with Crippen molar-refractivity contribution in [2.45, 2.75) is 33.4 Å². The van der Waals surface area contributed by atoms with Crippen LogP contribution in [-0.4, -0.2) is 17.1 Å². The number of hydrogen-bond acceptors (Lipinski definition) is 3. The number of anilines is 1. The number of nitrogens with one attached hydrogen (secondary N) is 1. The van der Waals surface area contributed by atoms with Gasteiger partial charge in [0.2, 0.25) is 0 Å². The molecule has 0 atom stereocenters. The van der Waals surface area contributed by atoms with E-state index in [1.54, 1.807) is 19.1 Å². The van der Waals surface area contributed by atoms with E-state index in [-0.39, 0.29) is 5.97 Å². The first-order valence-electron chi connectivity index (χ1n) is 7.38. The van der Waals surface area contributed by atoms with Gasteiger partial charge in [-0.1, -0.05) is 6.92 Å². The number of nitrogens with zero attached hydrogens (tertiary/aromatic N) is 1. The van der Waals surface area contributed by atoms with Crippen LogP contribution in [0.5, 0.6) is 0 Å². The molecule has 0 radical (unpaired) electrons. The fraction of sp³-hybridized carbons (Fsp3) is 0.353. The minimum atomic E-state index is -0.277. The van der Waals surface area contributed by atoms with E-state index in [2.05, 4.69) is 35.3 Å². The summed E-state index contributed by atoms with van der Waals surface area (Å²) in [5.74, 6) is -0.277. The summed E-state index contributed by atoms with van der Waals surface area (Å²) in [6.07, 6.45) is 5.39. The van der Waals surface area contributed by atoms with Crippen LogP contribution >= 0.6 is 0 Å². The molecule has 2 aromatic rings. The maximum atomic E-state index is 11.6. The number of hydrogen-bond donors (Lipinski definition) is 1. The first-order chi connectivity index (χ1) is 10.2. The number of carbonyl (C=O) groups excluding carboxylic acids is 1. The Morgan fingerprint density at radius 2 is 1.95 bits per heavy atom. The molecule has 1 aromatic heterocycles. The molecule has 112 valence electrons. The molecule has 1 aromatic carbocycles. The number of aryl methyl sites for hydroxylation is 1. The van der Waals surface area contributed by atoms with E-state index >= 15 is 0 Å². The highest BCUT2D eigenvalue weighted by atomic mass is 16.5. The van der Waals surface area contributed by atoms with Crippen molar-refractivity contribution in [1.29, 1.82) is 0 Å². The second kappa shape index (κ2) is 7.53. The molecule has 4 nitrogen and oxygen atoms in total. The van der Waals surface area contributed by atoms with Gasteiger partial charge in [-0.05, 0) is 49.2 Å². The van der Waals surface area contributed by atoms with Gasteiger partial charge in [0.15, 0.2) is 0 Å². The molecule has 0 saturated carbocycles. The van der Waals surface area contributed by atoms with Gasteiger partial charge in [0.25, 0.3) is 0 Å². The fourth-order valence-corrected chi connectivity index (χ4v) is 2.14. The lowest BCUT2D eigenvalue weighted by Crippen LogP contribution is -2.05. The van der Waals surface area contributed by atoms with Crippen molar-refractivity contribution in [1.82, 2.24) is 4.57 Å². The van der Waals surface area contributed by atoms with Crippen molar-refractivity contribution < 1.29 is 9.53 Å². The molecule has 0 aliphatic carbocycles. The zero-order valence-corrected chi connectivity index (χ0v) is 12.6. The Bertz CT molecular complexity index is 573. The number of rotatable bonds is 7. The first-order valence-corrected chi connectivity index (χ1v) is 7.38. The predicted octanol–water partition coefficient (Wildman–Crippen LogP) is 3.69. The Morgan fingerprint density at radius 3 is 2.62 bits per heavy atom. The standard InChI is InChI=1S/C17H22N2O2/c1-3-10-19-11-9-14(13-19)12-18-16-7-5-15(6-8-16)17(20)21-4-2/h5-9,11,13,18H,3-4,10,12H2,1-2H3. The maximum absolute atomic E-state index is 11.6. The molecule has 1 N–H and O–H groups in total. The molecule has 0 spiro atoms. The first kappa shape index (κ1) is 15.2. The monoisotopic (exact) mass is 286 g/mol. The minimum Gasteiger partial charge on any atom is -0.462 e. The molecule has 0 unspecified atom stereocenters. The number of esters is 1. The van der Waals surface area contributed by atoms with Gasteiger partial charge in [0.05, 0.1) is 12.2 Å². The summed E-state index contributed by atoms with van der Waals surface area (Å²) >= 11 is 0. The van der Waals surface area contributed by atoms with Crippen LogP contribution in [0, 0.1) is 0 Å². The lowest BCUT2D eigenvalue weighted by atomic mass is 10.2. The maximum Gasteiger partial charge on any atom is 0.338 e. The summed E-state index contributed by atoms with van der Waals surface area (Å²) in [5, 5.41) is 3.35. The van der Waals surface area contributed by atoms with Crippen LogP contribution in [0.15, 0.2) is 42.7 Å². The summed E-state index contributed by atoms with van der Waals surface area (Å²) in [5.41, 5.74) is 2.82. The summed E-state index contributed by atoms with van der Waals surface area (Å²) in [6.45, 7) is 6.19. The van der Waals surface area contributed by atoms with Gasteiger partial charge in [0.1, 0.15) is 0 Å². The van der Waals surface area contributed by atoms with Gasteiger partial charge in [-0.3, -0.25) is 0 Å². The highest BCUT2D eigenvalue weighted by Gasteiger charge is 2.05. The van der Waals surface area contributed by atoms with E-state index in [4.69, 9.17) is 4.74 Å². The largest absolute Gasteiger partial charge is 0.462 e. The van der Waals surface area contributed by atoms with Crippen LogP contribution in [0.1, 0.15) is 36.2 Å². The number of carbonyl (C=O) groups is 1. The van der Waals surface area contributed by atoms with Gasteiger partial charge in [-0.15, -0.1) is 0 Å². The molecule has 1 heterocycles. The molecule has 21 heavy (non-hydrogen) atoms. The predicted molar refractivity (Wildman–Crippen MR) is 84.4 cm³/mol. The van der Waals surface area contributed by atoms with Gasteiger partial charge in [-0.25, -0.2) is 4.79 Å². The molecule has 0 saturated heterocycles. The zero-order valence-electron chi connectivity index (χ0n) is 12.6. The summed E-state index contributed by atoms with van der Waals surface area (Å²) in [4.78, 5) is 11.6. The van der Waals surface area contributed by atoms with E-state index in [1.807, 2.05) is 12.1 Å². The Balaban J connectivity index is 1.89. The number of aromatic nitrogens is 1. The zero-order chi connectivity index (χ0) is 15.1. The van der Waals surface area contributed by atoms with Crippen molar-refractivity contribution in [3.05, 3.63) is 53.9 Å². The van der Waals surface area contributed by atoms with E-state index in [0.29, 0.717) is 12.2 Å². The molecule has 0 bridgehead atoms. The number of ether oxygens (including phenoxy) is 1. The molecular formula is C17H22N2O2. The summed E-state index contributed by atoms with van der Waals surface area (Å²) in [7, 11) is 0. The van der Waals surface area contributed by atoms with E-state index < -0.39 is 0 Å². The molecule has 4 heteroatoms. The van der Waals surface area contributed by atoms with Gasteiger partial charge >= 0.3 is 5.97 Å².